The van der Waals surface area contributed by atoms with Crippen molar-refractivity contribution < 1.29 is 27.4 Å². The molecule has 2 aromatic carbocycles. The Kier molecular flexibility index (Phi) is 7.59. The zero-order valence-electron chi connectivity index (χ0n) is 17.7. The van der Waals surface area contributed by atoms with E-state index in [4.69, 9.17) is 25.8 Å². The first-order valence-electron chi connectivity index (χ1n) is 9.98. The van der Waals surface area contributed by atoms with Gasteiger partial charge >= 0.3 is 5.97 Å². The molecule has 2 unspecified atom stereocenters. The molecule has 7 nitrogen and oxygen atoms in total. The highest BCUT2D eigenvalue weighted by molar-refractivity contribution is 7.89. The number of sulfonamides is 1. The average Bonchev–Trinajstić information content (AvgIpc) is 2.70. The highest BCUT2D eigenvalue weighted by Gasteiger charge is 2.34. The van der Waals surface area contributed by atoms with Crippen molar-refractivity contribution in [1.82, 2.24) is 4.31 Å². The van der Waals surface area contributed by atoms with E-state index in [9.17, 15) is 13.2 Å². The van der Waals surface area contributed by atoms with E-state index in [1.165, 1.54) is 22.5 Å². The Hall–Kier alpha value is -2.13. The van der Waals surface area contributed by atoms with Gasteiger partial charge in [0.2, 0.25) is 10.0 Å². The Morgan fingerprint density at radius 3 is 2.52 bits per heavy atom. The summed E-state index contributed by atoms with van der Waals surface area (Å²) in [5.74, 6) is 0.0366. The zero-order valence-corrected chi connectivity index (χ0v) is 19.3. The first-order chi connectivity index (χ1) is 14.7. The van der Waals surface area contributed by atoms with Crippen molar-refractivity contribution in [3.05, 3.63) is 58.6 Å². The van der Waals surface area contributed by atoms with Crippen molar-refractivity contribution in [2.45, 2.75) is 37.9 Å². The minimum atomic E-state index is -3.89. The number of carbonyl (C=O) groups excluding carboxylic acids is 1. The molecular weight excluding hydrogens is 442 g/mol. The highest BCUT2D eigenvalue weighted by atomic mass is 35.5. The van der Waals surface area contributed by atoms with Crippen molar-refractivity contribution in [2.75, 3.05) is 26.3 Å². The maximum atomic E-state index is 13.1. The van der Waals surface area contributed by atoms with Gasteiger partial charge in [-0.3, -0.25) is 0 Å². The Balaban J connectivity index is 1.66. The Labute approximate surface area is 187 Å². The second-order valence-electron chi connectivity index (χ2n) is 7.53. The monoisotopic (exact) mass is 467 g/mol. The van der Waals surface area contributed by atoms with Gasteiger partial charge in [0, 0.05) is 13.1 Å². The Morgan fingerprint density at radius 1 is 1.13 bits per heavy atom. The minimum Gasteiger partial charge on any atom is -0.490 e. The summed E-state index contributed by atoms with van der Waals surface area (Å²) in [4.78, 5) is 12.3. The van der Waals surface area contributed by atoms with Crippen LogP contribution in [0.4, 0.5) is 0 Å². The van der Waals surface area contributed by atoms with Crippen LogP contribution in [0, 0.1) is 6.92 Å². The van der Waals surface area contributed by atoms with Crippen LogP contribution >= 0.6 is 11.6 Å². The lowest BCUT2D eigenvalue weighted by Gasteiger charge is -2.34. The molecule has 31 heavy (non-hydrogen) atoms. The van der Waals surface area contributed by atoms with Gasteiger partial charge < -0.3 is 14.2 Å². The van der Waals surface area contributed by atoms with Crippen molar-refractivity contribution in [2.24, 2.45) is 0 Å². The molecule has 2 aromatic rings. The molecule has 0 radical (unpaired) electrons. The number of esters is 1. The molecule has 0 N–H and O–H groups in total. The van der Waals surface area contributed by atoms with E-state index in [1.54, 1.807) is 0 Å². The van der Waals surface area contributed by atoms with Crippen LogP contribution in [-0.4, -0.2) is 57.2 Å². The van der Waals surface area contributed by atoms with Crippen LogP contribution in [0.15, 0.2) is 47.4 Å². The van der Waals surface area contributed by atoms with Crippen LogP contribution in [0.5, 0.6) is 5.75 Å². The predicted molar refractivity (Wildman–Crippen MR) is 117 cm³/mol. The number of rotatable bonds is 7. The summed E-state index contributed by atoms with van der Waals surface area (Å²) in [6.45, 7) is 6.21. The van der Waals surface area contributed by atoms with E-state index < -0.39 is 16.0 Å². The van der Waals surface area contributed by atoms with E-state index in [2.05, 4.69) is 0 Å². The molecule has 3 rings (SSSR count). The van der Waals surface area contributed by atoms with Gasteiger partial charge in [-0.25, -0.2) is 13.2 Å². The molecule has 1 heterocycles. The topological polar surface area (TPSA) is 82.1 Å². The summed E-state index contributed by atoms with van der Waals surface area (Å²) in [5, 5.41) is 0.0473. The van der Waals surface area contributed by atoms with Gasteiger partial charge in [-0.05, 0) is 56.7 Å². The molecule has 168 valence electrons. The summed E-state index contributed by atoms with van der Waals surface area (Å²) >= 11 is 6.18. The first kappa shape index (κ1) is 23.5. The predicted octanol–water partition coefficient (Wildman–Crippen LogP) is 3.68. The van der Waals surface area contributed by atoms with Gasteiger partial charge in [0.25, 0.3) is 0 Å². The molecule has 0 amide bonds. The van der Waals surface area contributed by atoms with E-state index in [-0.39, 0.29) is 54.0 Å². The number of nitrogens with zero attached hydrogens (tertiary/aromatic N) is 1. The fourth-order valence-electron chi connectivity index (χ4n) is 3.38. The molecule has 1 fully saturated rings. The van der Waals surface area contributed by atoms with Crippen molar-refractivity contribution in [1.29, 1.82) is 0 Å². The van der Waals surface area contributed by atoms with E-state index in [1.807, 2.05) is 45.0 Å². The van der Waals surface area contributed by atoms with E-state index in [0.717, 1.165) is 5.56 Å². The van der Waals surface area contributed by atoms with Crippen molar-refractivity contribution in [3.63, 3.8) is 0 Å². The van der Waals surface area contributed by atoms with Crippen LogP contribution in [0.1, 0.15) is 29.8 Å². The number of ether oxygens (including phenoxy) is 3. The van der Waals surface area contributed by atoms with Gasteiger partial charge in [0.15, 0.2) is 0 Å². The van der Waals surface area contributed by atoms with Crippen LogP contribution in [0.25, 0.3) is 0 Å². The molecular formula is C22H26ClNO6S. The summed E-state index contributed by atoms with van der Waals surface area (Å²) in [7, 11) is -3.89. The molecule has 9 heteroatoms. The zero-order chi connectivity index (χ0) is 22.6. The quantitative estimate of drug-likeness (QED) is 0.456. The molecule has 1 saturated heterocycles. The molecule has 1 aliphatic heterocycles. The number of hydrogen-bond acceptors (Lipinski definition) is 6. The van der Waals surface area contributed by atoms with Gasteiger partial charge in [0.05, 0.1) is 22.8 Å². The third-order valence-corrected chi connectivity index (χ3v) is 7.06. The molecule has 0 spiro atoms. The van der Waals surface area contributed by atoms with Crippen LogP contribution < -0.4 is 4.74 Å². The SMILES string of the molecule is Cc1cccc(OCCOC(=O)c2ccc(Cl)c(S(=O)(=O)N3CC(C)OC(C)C3)c2)c1. The standard InChI is InChI=1S/C22H26ClNO6S/c1-15-5-4-6-19(11-15)28-9-10-29-22(25)18-7-8-20(23)21(12-18)31(26,27)24-13-16(2)30-17(3)14-24/h4-8,11-12,16-17H,9-10,13-14H2,1-3H3. The van der Waals surface area contributed by atoms with E-state index >= 15 is 0 Å². The Morgan fingerprint density at radius 2 is 1.84 bits per heavy atom. The number of benzene rings is 2. The molecule has 0 aromatic heterocycles. The maximum Gasteiger partial charge on any atom is 0.338 e. The summed E-state index contributed by atoms with van der Waals surface area (Å²) in [6.07, 6.45) is -0.474. The third kappa shape index (κ3) is 5.98. The maximum absolute atomic E-state index is 13.1. The number of hydrogen-bond donors (Lipinski definition) is 0. The van der Waals surface area contributed by atoms with Gasteiger partial charge in [-0.1, -0.05) is 23.7 Å². The lowest BCUT2D eigenvalue weighted by atomic mass is 10.2. The summed E-state index contributed by atoms with van der Waals surface area (Å²) in [5.41, 5.74) is 1.17. The second kappa shape index (κ2) is 9.99. The fourth-order valence-corrected chi connectivity index (χ4v) is 5.47. The fraction of sp³-hybridized carbons (Fsp3) is 0.409. The molecule has 1 aliphatic rings. The van der Waals surface area contributed by atoms with Crippen molar-refractivity contribution >= 4 is 27.6 Å². The molecule has 2 atom stereocenters. The van der Waals surface area contributed by atoms with Crippen LogP contribution in [-0.2, 0) is 19.5 Å². The number of aryl methyl sites for hydroxylation is 1. The number of carbonyl (C=O) groups is 1. The lowest BCUT2D eigenvalue weighted by Crippen LogP contribution is -2.48. The Bertz CT molecular complexity index is 1030. The van der Waals surface area contributed by atoms with Crippen LogP contribution in [0.3, 0.4) is 0 Å². The first-order valence-corrected chi connectivity index (χ1v) is 11.8. The van der Waals surface area contributed by atoms with Crippen LogP contribution in [0.2, 0.25) is 5.02 Å². The average molecular weight is 468 g/mol. The van der Waals surface area contributed by atoms with Gasteiger partial charge in [-0.2, -0.15) is 4.31 Å². The highest BCUT2D eigenvalue weighted by Crippen LogP contribution is 2.28. The van der Waals surface area contributed by atoms with E-state index in [0.29, 0.717) is 5.75 Å². The van der Waals surface area contributed by atoms with Gasteiger partial charge in [0.1, 0.15) is 23.9 Å². The second-order valence-corrected chi connectivity index (χ2v) is 9.84. The van der Waals surface area contributed by atoms with Gasteiger partial charge in [-0.15, -0.1) is 0 Å². The number of morpholine rings is 1. The third-order valence-electron chi connectivity index (χ3n) is 4.75. The van der Waals surface area contributed by atoms with Crippen molar-refractivity contribution in [3.8, 4) is 5.75 Å². The smallest absolute Gasteiger partial charge is 0.338 e. The molecule has 0 bridgehead atoms. The largest absolute Gasteiger partial charge is 0.490 e. The minimum absolute atomic E-state index is 0.0238. The normalized spacial score (nSPS) is 19.7. The number of halogens is 1. The molecule has 0 aliphatic carbocycles. The lowest BCUT2D eigenvalue weighted by molar-refractivity contribution is -0.0440. The summed E-state index contributed by atoms with van der Waals surface area (Å²) < 4.78 is 44.0. The summed E-state index contributed by atoms with van der Waals surface area (Å²) in [6, 6.07) is 11.6. The molecule has 0 saturated carbocycles.